The monoisotopic (exact) mass is 418 g/mol. The summed E-state index contributed by atoms with van der Waals surface area (Å²) in [5.74, 6) is 0.177. The van der Waals surface area contributed by atoms with E-state index in [0.29, 0.717) is 29.6 Å². The van der Waals surface area contributed by atoms with Gasteiger partial charge in [0.1, 0.15) is 23.9 Å². The smallest absolute Gasteiger partial charge is 0.223 e. The summed E-state index contributed by atoms with van der Waals surface area (Å²) in [7, 11) is 0. The van der Waals surface area contributed by atoms with E-state index in [4.69, 9.17) is 4.74 Å². The lowest BCUT2D eigenvalue weighted by Gasteiger charge is -2.14. The van der Waals surface area contributed by atoms with Crippen molar-refractivity contribution in [2.45, 2.75) is 26.6 Å². The lowest BCUT2D eigenvalue weighted by Crippen LogP contribution is -2.09. The van der Waals surface area contributed by atoms with E-state index >= 15 is 0 Å². The largest absolute Gasteiger partial charge is 0.359 e. The molecule has 8 heteroatoms. The summed E-state index contributed by atoms with van der Waals surface area (Å²) in [6, 6.07) is 18.1. The second kappa shape index (κ2) is 9.44. The minimum atomic E-state index is -0.308. The van der Waals surface area contributed by atoms with Crippen LogP contribution in [0.25, 0.3) is 22.6 Å². The van der Waals surface area contributed by atoms with Crippen LogP contribution in [0.3, 0.4) is 0 Å². The van der Waals surface area contributed by atoms with E-state index in [9.17, 15) is 4.39 Å². The average Bonchev–Trinajstić information content (AvgIpc) is 3.23. The maximum absolute atomic E-state index is 13.5. The van der Waals surface area contributed by atoms with Crippen molar-refractivity contribution in [2.75, 3.05) is 11.9 Å². The van der Waals surface area contributed by atoms with Crippen molar-refractivity contribution in [3.05, 3.63) is 78.2 Å². The van der Waals surface area contributed by atoms with Crippen molar-refractivity contribution in [1.29, 1.82) is 0 Å². The van der Waals surface area contributed by atoms with Crippen LogP contribution in [-0.2, 0) is 11.5 Å². The first-order chi connectivity index (χ1) is 15.2. The number of nitrogens with one attached hydrogen (secondary N) is 1. The molecule has 1 N–H and O–H groups in total. The van der Waals surface area contributed by atoms with Gasteiger partial charge in [-0.25, -0.2) is 19.0 Å². The second-order valence-electron chi connectivity index (χ2n) is 6.96. The Labute approximate surface area is 179 Å². The molecular weight excluding hydrogens is 395 g/mol. The Hall–Kier alpha value is -3.65. The number of aromatic nitrogens is 5. The molecule has 0 fully saturated rings. The lowest BCUT2D eigenvalue weighted by molar-refractivity contribution is 0.0790. The quantitative estimate of drug-likeness (QED) is 0.447. The van der Waals surface area contributed by atoms with Crippen molar-refractivity contribution in [2.24, 2.45) is 0 Å². The van der Waals surface area contributed by atoms with Crippen molar-refractivity contribution in [3.8, 4) is 22.6 Å². The first kappa shape index (κ1) is 20.6. The number of benzene rings is 2. The maximum atomic E-state index is 13.5. The molecular formula is C23H23FN6O. The summed E-state index contributed by atoms with van der Waals surface area (Å²) in [5, 5.41) is 11.9. The third-order valence-corrected chi connectivity index (χ3v) is 4.81. The Bertz CT molecular complexity index is 1130. The van der Waals surface area contributed by atoms with E-state index < -0.39 is 0 Å². The predicted octanol–water partition coefficient (Wildman–Crippen LogP) is 4.71. The first-order valence-corrected chi connectivity index (χ1v) is 10.1. The van der Waals surface area contributed by atoms with Gasteiger partial charge in [0.15, 0.2) is 0 Å². The Morgan fingerprint density at radius 1 is 1.06 bits per heavy atom. The third kappa shape index (κ3) is 4.75. The van der Waals surface area contributed by atoms with Crippen LogP contribution >= 0.6 is 0 Å². The van der Waals surface area contributed by atoms with Gasteiger partial charge in [-0.2, -0.15) is 0 Å². The molecule has 0 aliphatic heterocycles. The van der Waals surface area contributed by atoms with E-state index in [1.165, 1.54) is 12.1 Å². The molecule has 0 spiro atoms. The molecule has 0 saturated carbocycles. The molecule has 0 bridgehead atoms. The standard InChI is InChI=1S/C23H23FN6O/c1-3-31-15-30-22(18-9-11-19(24)12-10-18)21(28-29-30)20-13-14-25-23(27-20)26-16(2)17-7-5-4-6-8-17/h4-14,16H,3,15H2,1-2H3,(H,25,26,27)/t16-/m1/s1. The van der Waals surface area contributed by atoms with Crippen molar-refractivity contribution < 1.29 is 9.13 Å². The number of ether oxygens (including phenoxy) is 1. The van der Waals surface area contributed by atoms with Crippen LogP contribution < -0.4 is 5.32 Å². The molecule has 158 valence electrons. The van der Waals surface area contributed by atoms with E-state index in [-0.39, 0.29) is 18.6 Å². The number of halogens is 1. The number of anilines is 1. The number of hydrogen-bond donors (Lipinski definition) is 1. The van der Waals surface area contributed by atoms with Gasteiger partial charge in [-0.1, -0.05) is 35.5 Å². The van der Waals surface area contributed by atoms with Gasteiger partial charge in [-0.05, 0) is 49.7 Å². The van der Waals surface area contributed by atoms with Crippen LogP contribution in [0.5, 0.6) is 0 Å². The minimum Gasteiger partial charge on any atom is -0.359 e. The molecule has 2 heterocycles. The highest BCUT2D eigenvalue weighted by Gasteiger charge is 2.19. The molecule has 0 amide bonds. The van der Waals surface area contributed by atoms with Crippen molar-refractivity contribution in [1.82, 2.24) is 25.0 Å². The van der Waals surface area contributed by atoms with Crippen LogP contribution in [0.4, 0.5) is 10.3 Å². The fourth-order valence-electron chi connectivity index (χ4n) is 3.23. The van der Waals surface area contributed by atoms with Gasteiger partial charge in [0.05, 0.1) is 11.7 Å². The second-order valence-corrected chi connectivity index (χ2v) is 6.96. The summed E-state index contributed by atoms with van der Waals surface area (Å²) in [6.45, 7) is 4.73. The maximum Gasteiger partial charge on any atom is 0.223 e. The third-order valence-electron chi connectivity index (χ3n) is 4.81. The summed E-state index contributed by atoms with van der Waals surface area (Å²) >= 11 is 0. The molecule has 2 aromatic carbocycles. The molecule has 31 heavy (non-hydrogen) atoms. The highest BCUT2D eigenvalue weighted by atomic mass is 19.1. The van der Waals surface area contributed by atoms with Crippen LogP contribution in [-0.4, -0.2) is 31.6 Å². The number of hydrogen-bond acceptors (Lipinski definition) is 6. The highest BCUT2D eigenvalue weighted by molar-refractivity contribution is 5.76. The summed E-state index contributed by atoms with van der Waals surface area (Å²) in [4.78, 5) is 9.00. The molecule has 0 aliphatic rings. The normalized spacial score (nSPS) is 12.0. The van der Waals surface area contributed by atoms with Gasteiger partial charge in [-0.3, -0.25) is 0 Å². The molecule has 4 aromatic rings. The zero-order valence-electron chi connectivity index (χ0n) is 17.4. The van der Waals surface area contributed by atoms with Gasteiger partial charge >= 0.3 is 0 Å². The molecule has 2 aromatic heterocycles. The van der Waals surface area contributed by atoms with Gasteiger partial charge < -0.3 is 10.1 Å². The average molecular weight is 418 g/mol. The lowest BCUT2D eigenvalue weighted by atomic mass is 10.1. The Balaban J connectivity index is 1.68. The summed E-state index contributed by atoms with van der Waals surface area (Å²) in [6.07, 6.45) is 1.68. The van der Waals surface area contributed by atoms with E-state index in [2.05, 4.69) is 25.6 Å². The van der Waals surface area contributed by atoms with Crippen LogP contribution in [0, 0.1) is 5.82 Å². The fourth-order valence-corrected chi connectivity index (χ4v) is 3.23. The van der Waals surface area contributed by atoms with Gasteiger partial charge in [0, 0.05) is 18.4 Å². The molecule has 0 unspecified atom stereocenters. The predicted molar refractivity (Wildman–Crippen MR) is 117 cm³/mol. The molecule has 0 saturated heterocycles. The molecule has 0 aliphatic carbocycles. The SMILES string of the molecule is CCOCn1nnc(-c2ccnc(N[C@H](C)c3ccccc3)n2)c1-c1ccc(F)cc1. The van der Waals surface area contributed by atoms with Crippen LogP contribution in [0.2, 0.25) is 0 Å². The Kier molecular flexibility index (Phi) is 6.28. The van der Waals surface area contributed by atoms with Crippen LogP contribution in [0.15, 0.2) is 66.9 Å². The molecule has 0 radical (unpaired) electrons. The van der Waals surface area contributed by atoms with Gasteiger partial charge in [0.2, 0.25) is 5.95 Å². The number of rotatable bonds is 8. The summed E-state index contributed by atoms with van der Waals surface area (Å²) < 4.78 is 20.6. The Morgan fingerprint density at radius 3 is 2.58 bits per heavy atom. The van der Waals surface area contributed by atoms with Crippen molar-refractivity contribution >= 4 is 5.95 Å². The van der Waals surface area contributed by atoms with E-state index in [1.807, 2.05) is 44.2 Å². The van der Waals surface area contributed by atoms with Gasteiger partial charge in [-0.15, -0.1) is 5.10 Å². The fraction of sp³-hybridized carbons (Fsp3) is 0.217. The molecule has 4 rings (SSSR count). The zero-order chi connectivity index (χ0) is 21.6. The highest BCUT2D eigenvalue weighted by Crippen LogP contribution is 2.30. The minimum absolute atomic E-state index is 0.0293. The van der Waals surface area contributed by atoms with E-state index in [1.54, 1.807) is 29.1 Å². The zero-order valence-corrected chi connectivity index (χ0v) is 17.4. The Morgan fingerprint density at radius 2 is 1.84 bits per heavy atom. The molecule has 1 atom stereocenters. The van der Waals surface area contributed by atoms with Crippen molar-refractivity contribution in [3.63, 3.8) is 0 Å². The molecule has 7 nitrogen and oxygen atoms in total. The first-order valence-electron chi connectivity index (χ1n) is 10.1. The van der Waals surface area contributed by atoms with Crippen LogP contribution in [0.1, 0.15) is 25.5 Å². The number of nitrogens with zero attached hydrogens (tertiary/aromatic N) is 5. The van der Waals surface area contributed by atoms with Gasteiger partial charge in [0.25, 0.3) is 0 Å². The summed E-state index contributed by atoms with van der Waals surface area (Å²) in [5.41, 5.74) is 3.79. The topological polar surface area (TPSA) is 77.8 Å². The van der Waals surface area contributed by atoms with E-state index in [0.717, 1.165) is 11.1 Å².